The lowest BCUT2D eigenvalue weighted by molar-refractivity contribution is 0.108. The van der Waals surface area contributed by atoms with Crippen molar-refractivity contribution in [1.29, 1.82) is 0 Å². The average Bonchev–Trinajstić information content (AvgIpc) is 2.11. The van der Waals surface area contributed by atoms with Crippen molar-refractivity contribution in [2.45, 2.75) is 38.2 Å². The second-order valence-electron chi connectivity index (χ2n) is 3.36. The van der Waals surface area contributed by atoms with Crippen LogP contribution in [0.2, 0.25) is 0 Å². The number of hydrogen-bond acceptors (Lipinski definition) is 4. The zero-order valence-electron chi connectivity index (χ0n) is 9.24. The van der Waals surface area contributed by atoms with Crippen molar-refractivity contribution in [2.75, 3.05) is 6.61 Å². The Morgan fingerprint density at radius 3 is 2.00 bits per heavy atom. The molecule has 2 atom stereocenters. The van der Waals surface area contributed by atoms with E-state index in [0.29, 0.717) is 6.42 Å². The Balaban J connectivity index is 5.24. The van der Waals surface area contributed by atoms with E-state index in [2.05, 4.69) is 4.52 Å². The van der Waals surface area contributed by atoms with Gasteiger partial charge >= 0.3 is 15.2 Å². The van der Waals surface area contributed by atoms with Crippen molar-refractivity contribution in [3.8, 4) is 0 Å². The predicted molar refractivity (Wildman–Crippen MR) is 58.0 cm³/mol. The maximum atomic E-state index is 11.6. The first-order valence-electron chi connectivity index (χ1n) is 4.87. The molecule has 0 aliphatic carbocycles. The lowest BCUT2D eigenvalue weighted by atomic mass is 10.3. The smallest absolute Gasteiger partial charge is 0.368 e. The highest BCUT2D eigenvalue weighted by Crippen LogP contribution is 2.71. The summed E-state index contributed by atoms with van der Waals surface area (Å²) < 4.78 is 27.1. The minimum absolute atomic E-state index is 0.208. The van der Waals surface area contributed by atoms with Gasteiger partial charge in [-0.15, -0.1) is 0 Å². The van der Waals surface area contributed by atoms with E-state index in [1.807, 2.05) is 0 Å². The molecular formula is C7H18O7P2. The molecule has 0 spiro atoms. The van der Waals surface area contributed by atoms with Crippen LogP contribution in [0.25, 0.3) is 0 Å². The molecule has 2 unspecified atom stereocenters. The summed E-state index contributed by atoms with van der Waals surface area (Å²) in [5.41, 5.74) is 0. The van der Waals surface area contributed by atoms with Crippen LogP contribution >= 0.6 is 15.2 Å². The van der Waals surface area contributed by atoms with Gasteiger partial charge in [-0.1, -0.05) is 13.3 Å². The van der Waals surface area contributed by atoms with E-state index in [0.717, 1.165) is 0 Å². The van der Waals surface area contributed by atoms with Gasteiger partial charge in [-0.25, -0.2) is 0 Å². The molecule has 0 aliphatic rings. The number of rotatable bonds is 7. The van der Waals surface area contributed by atoms with Crippen LogP contribution in [-0.4, -0.2) is 31.5 Å². The Labute approximate surface area is 94.1 Å². The summed E-state index contributed by atoms with van der Waals surface area (Å²) in [5, 5.41) is 6.73. The number of hydrogen-bond donors (Lipinski definition) is 4. The molecule has 0 amide bonds. The van der Waals surface area contributed by atoms with Crippen LogP contribution in [0.3, 0.4) is 0 Å². The zero-order chi connectivity index (χ0) is 13.0. The van der Waals surface area contributed by atoms with Gasteiger partial charge in [0, 0.05) is 0 Å². The molecule has 0 bridgehead atoms. The van der Waals surface area contributed by atoms with E-state index in [9.17, 15) is 19.1 Å². The summed E-state index contributed by atoms with van der Waals surface area (Å²) in [6.07, 6.45) is 0.245. The summed E-state index contributed by atoms with van der Waals surface area (Å²) >= 11 is 0. The monoisotopic (exact) mass is 276 g/mol. The van der Waals surface area contributed by atoms with Gasteiger partial charge < -0.3 is 24.3 Å². The van der Waals surface area contributed by atoms with E-state index in [1.165, 1.54) is 6.92 Å². The van der Waals surface area contributed by atoms with Gasteiger partial charge in [0.25, 0.3) is 5.08 Å². The predicted octanol–water partition coefficient (Wildman–Crippen LogP) is 1.22. The van der Waals surface area contributed by atoms with Crippen LogP contribution in [0.5, 0.6) is 0 Å². The van der Waals surface area contributed by atoms with Crippen molar-refractivity contribution in [3.05, 3.63) is 0 Å². The SMILES string of the molecule is CCCCC(O)(P(=O)(O)O)P(=O)(O)OCC. The Bertz CT molecular complexity index is 312. The molecule has 4 N–H and O–H groups in total. The van der Waals surface area contributed by atoms with Gasteiger partial charge in [-0.05, 0) is 19.8 Å². The fourth-order valence-corrected chi connectivity index (χ4v) is 4.08. The van der Waals surface area contributed by atoms with Crippen LogP contribution in [0.4, 0.5) is 0 Å². The lowest BCUT2D eigenvalue weighted by Gasteiger charge is -2.31. The largest absolute Gasteiger partial charge is 0.371 e. The average molecular weight is 276 g/mol. The zero-order valence-corrected chi connectivity index (χ0v) is 11.0. The molecule has 0 saturated heterocycles. The molecule has 0 rings (SSSR count). The Morgan fingerprint density at radius 2 is 1.69 bits per heavy atom. The first-order valence-corrected chi connectivity index (χ1v) is 8.06. The van der Waals surface area contributed by atoms with Gasteiger partial charge in [0.15, 0.2) is 0 Å². The van der Waals surface area contributed by atoms with E-state index in [-0.39, 0.29) is 13.0 Å². The van der Waals surface area contributed by atoms with E-state index in [4.69, 9.17) is 9.79 Å². The fraction of sp³-hybridized carbons (Fsp3) is 1.00. The summed E-state index contributed by atoms with van der Waals surface area (Å²) in [7, 11) is -9.92. The van der Waals surface area contributed by atoms with Crippen molar-refractivity contribution in [3.63, 3.8) is 0 Å². The molecule has 0 aromatic heterocycles. The third kappa shape index (κ3) is 3.37. The molecule has 9 heteroatoms. The first kappa shape index (κ1) is 16.3. The third-order valence-electron chi connectivity index (χ3n) is 2.09. The molecule has 0 heterocycles. The van der Waals surface area contributed by atoms with Crippen LogP contribution in [-0.2, 0) is 13.7 Å². The highest BCUT2D eigenvalue weighted by molar-refractivity contribution is 7.72. The minimum atomic E-state index is -5.15. The molecule has 0 aromatic carbocycles. The molecule has 98 valence electrons. The van der Waals surface area contributed by atoms with E-state index in [1.54, 1.807) is 6.92 Å². The van der Waals surface area contributed by atoms with Gasteiger partial charge in [0.05, 0.1) is 6.61 Å². The first-order chi connectivity index (χ1) is 7.12. The van der Waals surface area contributed by atoms with Gasteiger partial charge in [-0.3, -0.25) is 9.13 Å². The second-order valence-corrected chi connectivity index (χ2v) is 7.58. The summed E-state index contributed by atoms with van der Waals surface area (Å²) in [6, 6.07) is 0. The molecular weight excluding hydrogens is 258 g/mol. The molecule has 0 saturated carbocycles. The maximum Gasteiger partial charge on any atom is 0.371 e. The van der Waals surface area contributed by atoms with Gasteiger partial charge in [0.1, 0.15) is 0 Å². The van der Waals surface area contributed by atoms with E-state index < -0.39 is 26.7 Å². The highest BCUT2D eigenvalue weighted by atomic mass is 31.2. The highest BCUT2D eigenvalue weighted by Gasteiger charge is 2.59. The second kappa shape index (κ2) is 5.74. The summed E-state index contributed by atoms with van der Waals surface area (Å²) in [5.74, 6) is 0. The van der Waals surface area contributed by atoms with Crippen LogP contribution in [0.1, 0.15) is 33.1 Å². The number of unbranched alkanes of at least 4 members (excludes halogenated alkanes) is 1. The standard InChI is InChI=1S/C7H18O7P2/c1-3-5-6-7(8,15(9,10)11)16(12,13)14-4-2/h8H,3-6H2,1-2H3,(H,12,13)(H2,9,10,11). The van der Waals surface area contributed by atoms with Crippen LogP contribution in [0.15, 0.2) is 0 Å². The molecule has 0 fully saturated rings. The van der Waals surface area contributed by atoms with Crippen molar-refractivity contribution >= 4 is 15.2 Å². The summed E-state index contributed by atoms with van der Waals surface area (Å²) in [6.45, 7) is 2.90. The maximum absolute atomic E-state index is 11.6. The molecule has 0 aliphatic heterocycles. The molecule has 16 heavy (non-hydrogen) atoms. The quantitative estimate of drug-likeness (QED) is 0.515. The number of aliphatic hydroxyl groups is 1. The minimum Gasteiger partial charge on any atom is -0.368 e. The van der Waals surface area contributed by atoms with Crippen molar-refractivity contribution in [2.24, 2.45) is 0 Å². The van der Waals surface area contributed by atoms with Gasteiger partial charge in [-0.2, -0.15) is 0 Å². The Hall–Kier alpha value is 0.260. The summed E-state index contributed by atoms with van der Waals surface area (Å²) in [4.78, 5) is 27.3. The molecule has 0 aromatic rings. The Kier molecular flexibility index (Phi) is 5.83. The normalized spacial score (nSPS) is 20.1. The Morgan fingerprint density at radius 1 is 1.19 bits per heavy atom. The van der Waals surface area contributed by atoms with Crippen molar-refractivity contribution < 1.29 is 33.4 Å². The lowest BCUT2D eigenvalue weighted by Crippen LogP contribution is -2.29. The van der Waals surface area contributed by atoms with Crippen molar-refractivity contribution in [1.82, 2.24) is 0 Å². The third-order valence-corrected chi connectivity index (χ3v) is 6.52. The van der Waals surface area contributed by atoms with Gasteiger partial charge in [0.2, 0.25) is 0 Å². The van der Waals surface area contributed by atoms with E-state index >= 15 is 0 Å². The molecule has 7 nitrogen and oxygen atoms in total. The fourth-order valence-electron chi connectivity index (χ4n) is 1.14. The van der Waals surface area contributed by atoms with Crippen LogP contribution < -0.4 is 0 Å². The molecule has 0 radical (unpaired) electrons. The topological polar surface area (TPSA) is 124 Å². The van der Waals surface area contributed by atoms with Crippen LogP contribution in [0, 0.1) is 0 Å².